The summed E-state index contributed by atoms with van der Waals surface area (Å²) in [6.45, 7) is 2.76. The molecule has 3 aromatic rings. The number of halogens is 5. The molecule has 2 heterocycles. The number of aryl methyl sites for hydroxylation is 1. The SMILES string of the molecule is COC(=O)c1cc(F)ccc1N[C@H](C)c1cc(C)cc2c(=O)n(C)c(N3CCN(CC(F)(F)F)CC3)c(F)c12. The maximum absolute atomic E-state index is 16.3. The summed E-state index contributed by atoms with van der Waals surface area (Å²) in [7, 11) is 2.61. The van der Waals surface area contributed by atoms with Gasteiger partial charge in [-0.25, -0.2) is 13.6 Å². The van der Waals surface area contributed by atoms with Crippen LogP contribution in [0.4, 0.5) is 33.5 Å². The second kappa shape index (κ2) is 10.8. The topological polar surface area (TPSA) is 66.8 Å². The van der Waals surface area contributed by atoms with Gasteiger partial charge in [-0.05, 0) is 49.2 Å². The monoisotopic (exact) mass is 552 g/mol. The quantitative estimate of drug-likeness (QED) is 0.351. The lowest BCUT2D eigenvalue weighted by Crippen LogP contribution is -2.50. The Morgan fingerprint density at radius 1 is 1.10 bits per heavy atom. The molecule has 0 aliphatic carbocycles. The highest BCUT2D eigenvalue weighted by Gasteiger charge is 2.33. The summed E-state index contributed by atoms with van der Waals surface area (Å²) in [5.74, 6) is -2.07. The summed E-state index contributed by atoms with van der Waals surface area (Å²) in [4.78, 5) is 28.4. The number of benzene rings is 2. The molecule has 0 spiro atoms. The Morgan fingerprint density at radius 3 is 2.38 bits per heavy atom. The molecule has 7 nitrogen and oxygen atoms in total. The second-order valence-electron chi connectivity index (χ2n) is 9.70. The number of ether oxygens (including phenoxy) is 1. The Kier molecular flexibility index (Phi) is 7.87. The van der Waals surface area contributed by atoms with E-state index in [1.165, 1.54) is 35.8 Å². The van der Waals surface area contributed by atoms with Gasteiger partial charge in [-0.2, -0.15) is 13.2 Å². The Labute approximate surface area is 221 Å². The molecule has 0 saturated carbocycles. The zero-order chi connectivity index (χ0) is 28.6. The smallest absolute Gasteiger partial charge is 0.401 e. The predicted octanol–water partition coefficient (Wildman–Crippen LogP) is 4.77. The standard InChI is InChI=1S/C27H29F5N4O3/c1-15-11-18(16(2)33-21-6-5-17(28)13-19(21)26(38)39-4)22-20(12-15)25(37)34(3)24(23(22)29)36-9-7-35(8-10-36)14-27(30,31)32/h5-6,11-13,16,33H,7-10,14H2,1-4H3/t16-/m1/s1. The minimum absolute atomic E-state index is 0.00602. The highest BCUT2D eigenvalue weighted by atomic mass is 19.4. The highest BCUT2D eigenvalue weighted by Crippen LogP contribution is 2.34. The van der Waals surface area contributed by atoms with Gasteiger partial charge in [-0.15, -0.1) is 0 Å². The number of methoxy groups -OCH3 is 1. The number of hydrogen-bond acceptors (Lipinski definition) is 6. The fourth-order valence-electron chi connectivity index (χ4n) is 5.06. The van der Waals surface area contributed by atoms with Crippen LogP contribution >= 0.6 is 0 Å². The van der Waals surface area contributed by atoms with E-state index in [0.717, 1.165) is 6.07 Å². The van der Waals surface area contributed by atoms with Crippen molar-refractivity contribution in [2.45, 2.75) is 26.1 Å². The largest absolute Gasteiger partial charge is 0.465 e. The first kappa shape index (κ1) is 28.3. The fraction of sp³-hybridized carbons (Fsp3) is 0.407. The maximum Gasteiger partial charge on any atom is 0.401 e. The van der Waals surface area contributed by atoms with Crippen molar-refractivity contribution in [3.05, 3.63) is 69.0 Å². The molecule has 210 valence electrons. The molecular weight excluding hydrogens is 523 g/mol. The number of fused-ring (bicyclic) bond motifs is 1. The summed E-state index contributed by atoms with van der Waals surface area (Å²) in [6.07, 6.45) is -4.34. The number of pyridine rings is 1. The molecule has 1 atom stereocenters. The molecule has 1 aliphatic heterocycles. The van der Waals surface area contributed by atoms with Crippen LogP contribution < -0.4 is 15.8 Å². The average Bonchev–Trinajstić information content (AvgIpc) is 2.87. The van der Waals surface area contributed by atoms with Crippen molar-refractivity contribution >= 4 is 28.2 Å². The Morgan fingerprint density at radius 2 is 1.77 bits per heavy atom. The number of esters is 1. The summed E-state index contributed by atoms with van der Waals surface area (Å²) in [6, 6.07) is 6.23. The van der Waals surface area contributed by atoms with Gasteiger partial charge in [-0.1, -0.05) is 6.07 Å². The lowest BCUT2D eigenvalue weighted by atomic mass is 9.96. The van der Waals surface area contributed by atoms with Crippen LogP contribution in [-0.4, -0.2) is 61.4 Å². The van der Waals surface area contributed by atoms with E-state index in [1.807, 2.05) is 0 Å². The van der Waals surface area contributed by atoms with Crippen LogP contribution in [0, 0.1) is 18.6 Å². The predicted molar refractivity (Wildman–Crippen MR) is 138 cm³/mol. The third-order valence-electron chi connectivity index (χ3n) is 6.88. The third-order valence-corrected chi connectivity index (χ3v) is 6.88. The van der Waals surface area contributed by atoms with Crippen LogP contribution in [0.3, 0.4) is 0 Å². The van der Waals surface area contributed by atoms with Crippen LogP contribution in [0.25, 0.3) is 10.8 Å². The molecule has 39 heavy (non-hydrogen) atoms. The Hall–Kier alpha value is -3.67. The minimum atomic E-state index is -4.34. The van der Waals surface area contributed by atoms with Gasteiger partial charge in [0.2, 0.25) is 0 Å². The first-order chi connectivity index (χ1) is 18.3. The third kappa shape index (κ3) is 5.85. The summed E-state index contributed by atoms with van der Waals surface area (Å²) in [5, 5.41) is 3.32. The van der Waals surface area contributed by atoms with Gasteiger partial charge in [0.05, 0.1) is 24.6 Å². The van der Waals surface area contributed by atoms with Gasteiger partial charge < -0.3 is 15.0 Å². The molecule has 0 amide bonds. The molecule has 1 saturated heterocycles. The van der Waals surface area contributed by atoms with Crippen molar-refractivity contribution in [3.63, 3.8) is 0 Å². The van der Waals surface area contributed by atoms with E-state index in [1.54, 1.807) is 30.9 Å². The van der Waals surface area contributed by atoms with Crippen molar-refractivity contribution in [1.82, 2.24) is 9.47 Å². The lowest BCUT2D eigenvalue weighted by Gasteiger charge is -2.37. The van der Waals surface area contributed by atoms with Crippen LogP contribution in [0.1, 0.15) is 34.5 Å². The second-order valence-corrected chi connectivity index (χ2v) is 9.70. The lowest BCUT2D eigenvalue weighted by molar-refractivity contribution is -0.146. The number of rotatable bonds is 6. The molecular formula is C27H29F5N4O3. The molecule has 0 unspecified atom stereocenters. The van der Waals surface area contributed by atoms with E-state index in [0.29, 0.717) is 11.1 Å². The van der Waals surface area contributed by atoms with Crippen LogP contribution in [0.5, 0.6) is 0 Å². The number of nitrogens with one attached hydrogen (secondary N) is 1. The van der Waals surface area contributed by atoms with Gasteiger partial charge in [0, 0.05) is 50.3 Å². The van der Waals surface area contributed by atoms with E-state index < -0.39 is 41.9 Å². The number of carbonyl (C=O) groups is 1. The zero-order valence-corrected chi connectivity index (χ0v) is 22.0. The van der Waals surface area contributed by atoms with E-state index in [9.17, 15) is 27.2 Å². The molecule has 1 N–H and O–H groups in total. The van der Waals surface area contributed by atoms with Crippen LogP contribution in [-0.2, 0) is 11.8 Å². The number of nitrogens with zero attached hydrogens (tertiary/aromatic N) is 3. The number of carbonyl (C=O) groups excluding carboxylic acids is 1. The summed E-state index contributed by atoms with van der Waals surface area (Å²) >= 11 is 0. The minimum Gasteiger partial charge on any atom is -0.465 e. The van der Waals surface area contributed by atoms with E-state index >= 15 is 4.39 Å². The maximum atomic E-state index is 16.3. The van der Waals surface area contributed by atoms with Crippen molar-refractivity contribution < 1.29 is 31.5 Å². The van der Waals surface area contributed by atoms with Crippen LogP contribution in [0.2, 0.25) is 0 Å². The van der Waals surface area contributed by atoms with Crippen molar-refractivity contribution in [2.24, 2.45) is 7.05 Å². The van der Waals surface area contributed by atoms with Gasteiger partial charge in [-0.3, -0.25) is 14.3 Å². The number of aromatic nitrogens is 1. The number of anilines is 2. The van der Waals surface area contributed by atoms with Crippen molar-refractivity contribution in [1.29, 1.82) is 0 Å². The molecule has 2 aromatic carbocycles. The van der Waals surface area contributed by atoms with E-state index in [2.05, 4.69) is 5.32 Å². The number of hydrogen-bond donors (Lipinski definition) is 1. The van der Waals surface area contributed by atoms with Gasteiger partial charge in [0.25, 0.3) is 5.56 Å². The van der Waals surface area contributed by atoms with Crippen molar-refractivity contribution in [3.8, 4) is 0 Å². The first-order valence-corrected chi connectivity index (χ1v) is 12.3. The van der Waals surface area contributed by atoms with E-state index in [4.69, 9.17) is 4.74 Å². The molecule has 1 aromatic heterocycles. The Bertz CT molecular complexity index is 1460. The van der Waals surface area contributed by atoms with Gasteiger partial charge in [0.1, 0.15) is 11.6 Å². The molecule has 1 aliphatic rings. The average molecular weight is 553 g/mol. The fourth-order valence-corrected chi connectivity index (χ4v) is 5.06. The molecule has 12 heteroatoms. The highest BCUT2D eigenvalue weighted by molar-refractivity contribution is 5.96. The zero-order valence-electron chi connectivity index (χ0n) is 22.0. The molecule has 1 fully saturated rings. The molecule has 0 radical (unpaired) electrons. The van der Waals surface area contributed by atoms with Gasteiger partial charge >= 0.3 is 12.1 Å². The van der Waals surface area contributed by atoms with E-state index in [-0.39, 0.29) is 54.0 Å². The normalized spacial score (nSPS) is 15.5. The van der Waals surface area contributed by atoms with Gasteiger partial charge in [0.15, 0.2) is 5.82 Å². The molecule has 0 bridgehead atoms. The van der Waals surface area contributed by atoms with Crippen LogP contribution in [0.15, 0.2) is 35.1 Å². The summed E-state index contributed by atoms with van der Waals surface area (Å²) in [5.41, 5.74) is 0.889. The molecule has 4 rings (SSSR count). The number of piperazine rings is 1. The summed E-state index contributed by atoms with van der Waals surface area (Å²) < 4.78 is 74.6. The number of alkyl halides is 3. The van der Waals surface area contributed by atoms with Crippen molar-refractivity contribution in [2.75, 3.05) is 50.1 Å². The Balaban J connectivity index is 1.76. The first-order valence-electron chi connectivity index (χ1n) is 12.3.